The number of non-ortho nitro benzene ring substituents is 1. The van der Waals surface area contributed by atoms with Gasteiger partial charge in [-0.1, -0.05) is 32.6 Å². The van der Waals surface area contributed by atoms with E-state index in [4.69, 9.17) is 4.74 Å². The molecule has 1 rings (SSSR count). The normalized spacial score (nSPS) is 10.1. The maximum absolute atomic E-state index is 11.5. The van der Waals surface area contributed by atoms with Gasteiger partial charge in [-0.15, -0.1) is 0 Å². The van der Waals surface area contributed by atoms with E-state index in [0.717, 1.165) is 12.8 Å². The minimum absolute atomic E-state index is 0.00104. The lowest BCUT2D eigenvalue weighted by atomic mass is 10.1. The summed E-state index contributed by atoms with van der Waals surface area (Å²) in [6.07, 6.45) is 5.74. The maximum atomic E-state index is 11.5. The Morgan fingerprint density at radius 3 is 2.48 bits per heavy atom. The van der Waals surface area contributed by atoms with Crippen LogP contribution >= 0.6 is 0 Å². The van der Waals surface area contributed by atoms with Crippen LogP contribution in [0.5, 0.6) is 5.75 Å². The summed E-state index contributed by atoms with van der Waals surface area (Å²) < 4.78 is 5.26. The van der Waals surface area contributed by atoms with Crippen LogP contribution in [-0.4, -0.2) is 24.0 Å². The molecule has 0 heterocycles. The average molecular weight is 294 g/mol. The molecule has 116 valence electrons. The van der Waals surface area contributed by atoms with E-state index in [9.17, 15) is 14.9 Å². The molecule has 0 aliphatic carbocycles. The number of nitrogens with zero attached hydrogens (tertiary/aromatic N) is 1. The van der Waals surface area contributed by atoms with Gasteiger partial charge in [0.2, 0.25) is 0 Å². The molecule has 0 saturated heterocycles. The number of amides is 1. The first-order valence-electron chi connectivity index (χ1n) is 7.27. The van der Waals surface area contributed by atoms with Gasteiger partial charge in [0, 0.05) is 18.7 Å². The molecule has 0 radical (unpaired) electrons. The first-order chi connectivity index (χ1) is 10.1. The van der Waals surface area contributed by atoms with Crippen LogP contribution in [0.3, 0.4) is 0 Å². The fourth-order valence-corrected chi connectivity index (χ4v) is 1.82. The third-order valence-electron chi connectivity index (χ3n) is 3.02. The van der Waals surface area contributed by atoms with Gasteiger partial charge < -0.3 is 10.1 Å². The number of nitrogens with one attached hydrogen (secondary N) is 1. The summed E-state index contributed by atoms with van der Waals surface area (Å²) in [5, 5.41) is 13.3. The largest absolute Gasteiger partial charge is 0.484 e. The number of ether oxygens (including phenoxy) is 1. The van der Waals surface area contributed by atoms with Crippen LogP contribution in [0.15, 0.2) is 24.3 Å². The number of hydrogen-bond acceptors (Lipinski definition) is 4. The molecular formula is C15H22N2O4. The SMILES string of the molecule is CCCCCCCNC(=O)COc1ccc([N+](=O)[O-])cc1. The Balaban J connectivity index is 2.16. The Labute approximate surface area is 124 Å². The molecule has 0 fully saturated rings. The number of nitro benzene ring substituents is 1. The van der Waals surface area contributed by atoms with E-state index in [0.29, 0.717) is 12.3 Å². The summed E-state index contributed by atoms with van der Waals surface area (Å²) in [7, 11) is 0. The molecule has 0 saturated carbocycles. The van der Waals surface area contributed by atoms with Crippen LogP contribution in [0.2, 0.25) is 0 Å². The molecule has 0 aromatic heterocycles. The molecule has 0 atom stereocenters. The average Bonchev–Trinajstić information content (AvgIpc) is 2.49. The molecule has 6 heteroatoms. The predicted octanol–water partition coefficient (Wildman–Crippen LogP) is 3.06. The van der Waals surface area contributed by atoms with Crippen molar-refractivity contribution in [3.05, 3.63) is 34.4 Å². The van der Waals surface area contributed by atoms with Crippen LogP contribution in [0.25, 0.3) is 0 Å². The van der Waals surface area contributed by atoms with Gasteiger partial charge >= 0.3 is 0 Å². The maximum Gasteiger partial charge on any atom is 0.269 e. The van der Waals surface area contributed by atoms with Crippen molar-refractivity contribution in [2.24, 2.45) is 0 Å². The highest BCUT2D eigenvalue weighted by atomic mass is 16.6. The minimum atomic E-state index is -0.477. The number of rotatable bonds is 10. The molecule has 0 unspecified atom stereocenters. The Hall–Kier alpha value is -2.11. The third kappa shape index (κ3) is 7.29. The molecule has 0 aliphatic heterocycles. The van der Waals surface area contributed by atoms with Gasteiger partial charge in [-0.25, -0.2) is 0 Å². The lowest BCUT2D eigenvalue weighted by Gasteiger charge is -2.07. The van der Waals surface area contributed by atoms with E-state index in [2.05, 4.69) is 12.2 Å². The van der Waals surface area contributed by atoms with Crippen molar-refractivity contribution in [1.29, 1.82) is 0 Å². The Morgan fingerprint density at radius 1 is 1.19 bits per heavy atom. The first kappa shape index (κ1) is 16.9. The standard InChI is InChI=1S/C15H22N2O4/c1-2-3-4-5-6-11-16-15(18)12-21-14-9-7-13(8-10-14)17(19)20/h7-10H,2-6,11-12H2,1H3,(H,16,18). The quantitative estimate of drug-likeness (QED) is 0.408. The molecule has 0 aliphatic rings. The van der Waals surface area contributed by atoms with Crippen molar-refractivity contribution >= 4 is 11.6 Å². The summed E-state index contributed by atoms with van der Waals surface area (Å²) in [5.41, 5.74) is -0.00104. The highest BCUT2D eigenvalue weighted by Gasteiger charge is 2.06. The zero-order valence-electron chi connectivity index (χ0n) is 12.3. The van der Waals surface area contributed by atoms with Crippen molar-refractivity contribution in [2.45, 2.75) is 39.0 Å². The molecule has 21 heavy (non-hydrogen) atoms. The van der Waals surface area contributed by atoms with Crippen molar-refractivity contribution in [2.75, 3.05) is 13.2 Å². The zero-order chi connectivity index (χ0) is 15.5. The molecule has 0 bridgehead atoms. The second kappa shape index (κ2) is 9.74. The van der Waals surface area contributed by atoms with Gasteiger partial charge in [-0.05, 0) is 18.6 Å². The number of carbonyl (C=O) groups is 1. The van der Waals surface area contributed by atoms with E-state index < -0.39 is 4.92 Å². The van der Waals surface area contributed by atoms with Crippen LogP contribution < -0.4 is 10.1 Å². The minimum Gasteiger partial charge on any atom is -0.484 e. The summed E-state index contributed by atoms with van der Waals surface area (Å²) in [5.74, 6) is 0.266. The Morgan fingerprint density at radius 2 is 1.86 bits per heavy atom. The van der Waals surface area contributed by atoms with Crippen LogP contribution in [0.4, 0.5) is 5.69 Å². The van der Waals surface area contributed by atoms with Gasteiger partial charge in [-0.3, -0.25) is 14.9 Å². The van der Waals surface area contributed by atoms with Gasteiger partial charge in [-0.2, -0.15) is 0 Å². The first-order valence-corrected chi connectivity index (χ1v) is 7.27. The summed E-state index contributed by atoms with van der Waals surface area (Å²) >= 11 is 0. The number of benzene rings is 1. The highest BCUT2D eigenvalue weighted by molar-refractivity contribution is 5.77. The molecule has 1 aromatic carbocycles. The predicted molar refractivity (Wildman–Crippen MR) is 80.4 cm³/mol. The monoisotopic (exact) mass is 294 g/mol. The lowest BCUT2D eigenvalue weighted by molar-refractivity contribution is -0.384. The van der Waals surface area contributed by atoms with Crippen LogP contribution in [0.1, 0.15) is 39.0 Å². The van der Waals surface area contributed by atoms with E-state index in [1.54, 1.807) is 0 Å². The number of hydrogen-bond donors (Lipinski definition) is 1. The smallest absolute Gasteiger partial charge is 0.269 e. The second-order valence-corrected chi connectivity index (χ2v) is 4.80. The summed E-state index contributed by atoms with van der Waals surface area (Å²) in [4.78, 5) is 21.6. The molecule has 1 aromatic rings. The summed E-state index contributed by atoms with van der Waals surface area (Å²) in [6, 6.07) is 5.66. The van der Waals surface area contributed by atoms with Gasteiger partial charge in [0.15, 0.2) is 6.61 Å². The number of carbonyl (C=O) groups excluding carboxylic acids is 1. The van der Waals surface area contributed by atoms with Gasteiger partial charge in [0.25, 0.3) is 11.6 Å². The highest BCUT2D eigenvalue weighted by Crippen LogP contribution is 2.16. The van der Waals surface area contributed by atoms with Crippen molar-refractivity contribution in [3.63, 3.8) is 0 Å². The van der Waals surface area contributed by atoms with E-state index in [1.807, 2.05) is 0 Å². The fourth-order valence-electron chi connectivity index (χ4n) is 1.82. The van der Waals surface area contributed by atoms with E-state index >= 15 is 0 Å². The molecule has 1 N–H and O–H groups in total. The fraction of sp³-hybridized carbons (Fsp3) is 0.533. The van der Waals surface area contributed by atoms with Crippen molar-refractivity contribution in [3.8, 4) is 5.75 Å². The third-order valence-corrected chi connectivity index (χ3v) is 3.02. The van der Waals surface area contributed by atoms with Crippen LogP contribution in [-0.2, 0) is 4.79 Å². The summed E-state index contributed by atoms with van der Waals surface area (Å²) in [6.45, 7) is 2.75. The van der Waals surface area contributed by atoms with Crippen molar-refractivity contribution in [1.82, 2.24) is 5.32 Å². The zero-order valence-corrected chi connectivity index (χ0v) is 12.3. The molecular weight excluding hydrogens is 272 g/mol. The molecule has 0 spiro atoms. The molecule has 1 amide bonds. The van der Waals surface area contributed by atoms with Gasteiger partial charge in [0.05, 0.1) is 4.92 Å². The Bertz CT molecular complexity index is 445. The lowest BCUT2D eigenvalue weighted by Crippen LogP contribution is -2.29. The Kier molecular flexibility index (Phi) is 7.86. The number of nitro groups is 1. The van der Waals surface area contributed by atoms with Crippen molar-refractivity contribution < 1.29 is 14.5 Å². The van der Waals surface area contributed by atoms with E-state index in [1.165, 1.54) is 43.5 Å². The molecule has 6 nitrogen and oxygen atoms in total. The number of unbranched alkanes of at least 4 members (excludes halogenated alkanes) is 4. The second-order valence-electron chi connectivity index (χ2n) is 4.80. The topological polar surface area (TPSA) is 81.5 Å². The van der Waals surface area contributed by atoms with Gasteiger partial charge in [0.1, 0.15) is 5.75 Å². The van der Waals surface area contributed by atoms with E-state index in [-0.39, 0.29) is 18.2 Å². The van der Waals surface area contributed by atoms with Crippen LogP contribution in [0, 0.1) is 10.1 Å².